The number of hydrogen-bond acceptors (Lipinski definition) is 6. The number of carbonyl (C=O) groups is 1. The number of hydrogen-bond donors (Lipinski definition) is 0. The van der Waals surface area contributed by atoms with Crippen LogP contribution in [0.1, 0.15) is 26.9 Å². The first-order valence-electron chi connectivity index (χ1n) is 8.89. The van der Waals surface area contributed by atoms with Crippen LogP contribution in [0.3, 0.4) is 0 Å². The number of pyridine rings is 1. The molecule has 0 bridgehead atoms. The summed E-state index contributed by atoms with van der Waals surface area (Å²) in [6.45, 7) is 4.14. The van der Waals surface area contributed by atoms with E-state index in [2.05, 4.69) is 19.9 Å². The second-order valence-electron chi connectivity index (χ2n) is 6.55. The van der Waals surface area contributed by atoms with Crippen LogP contribution in [-0.2, 0) is 6.54 Å². The Labute approximate surface area is 166 Å². The van der Waals surface area contributed by atoms with E-state index in [1.807, 2.05) is 56.3 Å². The van der Waals surface area contributed by atoms with Crippen LogP contribution in [0.4, 0.5) is 0 Å². The Balaban J connectivity index is 1.58. The molecule has 7 heteroatoms. The topological polar surface area (TPSA) is 71.9 Å². The minimum Gasteiger partial charge on any atom is -0.333 e. The first-order valence-corrected chi connectivity index (χ1v) is 9.71. The summed E-state index contributed by atoms with van der Waals surface area (Å²) in [5.41, 5.74) is 3.27. The summed E-state index contributed by atoms with van der Waals surface area (Å²) in [5, 5.41) is 1.77. The zero-order valence-electron chi connectivity index (χ0n) is 15.9. The van der Waals surface area contributed by atoms with E-state index < -0.39 is 0 Å². The van der Waals surface area contributed by atoms with Gasteiger partial charge >= 0.3 is 0 Å². The van der Waals surface area contributed by atoms with Crippen LogP contribution < -0.4 is 0 Å². The van der Waals surface area contributed by atoms with Gasteiger partial charge in [0.25, 0.3) is 5.91 Å². The van der Waals surface area contributed by atoms with Gasteiger partial charge in [-0.1, -0.05) is 24.3 Å². The van der Waals surface area contributed by atoms with Crippen LogP contribution in [-0.4, -0.2) is 37.8 Å². The fourth-order valence-electron chi connectivity index (χ4n) is 3.02. The highest BCUT2D eigenvalue weighted by Gasteiger charge is 2.21. The molecule has 0 aliphatic rings. The molecule has 3 aromatic heterocycles. The molecule has 4 aromatic rings. The van der Waals surface area contributed by atoms with E-state index in [0.717, 1.165) is 27.3 Å². The van der Waals surface area contributed by atoms with Crippen molar-refractivity contribution in [3.63, 3.8) is 0 Å². The van der Waals surface area contributed by atoms with Gasteiger partial charge in [-0.05, 0) is 32.0 Å². The quantitative estimate of drug-likeness (QED) is 0.527. The second kappa shape index (κ2) is 7.44. The van der Waals surface area contributed by atoms with Gasteiger partial charge < -0.3 is 4.90 Å². The van der Waals surface area contributed by atoms with Crippen LogP contribution >= 0.6 is 11.3 Å². The number of para-hydroxylation sites is 1. The minimum absolute atomic E-state index is 0.0911. The molecule has 0 fully saturated rings. The van der Waals surface area contributed by atoms with Crippen LogP contribution in [0.15, 0.2) is 48.7 Å². The summed E-state index contributed by atoms with van der Waals surface area (Å²) in [6.07, 6.45) is 1.72. The van der Waals surface area contributed by atoms with E-state index in [-0.39, 0.29) is 5.91 Å². The molecule has 0 unspecified atom stereocenters. The molecule has 140 valence electrons. The number of thiazole rings is 1. The highest BCUT2D eigenvalue weighted by Crippen LogP contribution is 2.27. The molecule has 0 N–H and O–H groups in total. The number of nitrogens with zero attached hydrogens (tertiary/aromatic N) is 5. The molecule has 0 saturated heterocycles. The summed E-state index contributed by atoms with van der Waals surface area (Å²) in [5.74, 6) is 0.533. The van der Waals surface area contributed by atoms with E-state index >= 15 is 0 Å². The number of carbonyl (C=O) groups excluding carboxylic acids is 1. The summed E-state index contributed by atoms with van der Waals surface area (Å²) in [4.78, 5) is 33.2. The fraction of sp³-hybridized carbons (Fsp3) is 0.190. The summed E-state index contributed by atoms with van der Waals surface area (Å²) >= 11 is 1.36. The largest absolute Gasteiger partial charge is 0.333 e. The Morgan fingerprint density at radius 3 is 2.57 bits per heavy atom. The average Bonchev–Trinajstić information content (AvgIpc) is 3.10. The lowest BCUT2D eigenvalue weighted by Crippen LogP contribution is -2.27. The molecular weight excluding hydrogens is 370 g/mol. The van der Waals surface area contributed by atoms with E-state index in [4.69, 9.17) is 0 Å². The molecule has 0 radical (unpaired) electrons. The molecule has 0 spiro atoms. The van der Waals surface area contributed by atoms with Gasteiger partial charge in [-0.25, -0.2) is 15.0 Å². The fourth-order valence-corrected chi connectivity index (χ4v) is 4.05. The lowest BCUT2D eigenvalue weighted by Gasteiger charge is -2.16. The minimum atomic E-state index is -0.0911. The maximum Gasteiger partial charge on any atom is 0.266 e. The van der Waals surface area contributed by atoms with Gasteiger partial charge in [0.05, 0.1) is 23.4 Å². The predicted molar refractivity (Wildman–Crippen MR) is 110 cm³/mol. The third kappa shape index (κ3) is 3.48. The van der Waals surface area contributed by atoms with Gasteiger partial charge in [0, 0.05) is 24.3 Å². The molecule has 0 atom stereocenters. The highest BCUT2D eigenvalue weighted by molar-refractivity contribution is 7.17. The summed E-state index contributed by atoms with van der Waals surface area (Å²) in [6, 6.07) is 13.5. The summed E-state index contributed by atoms with van der Waals surface area (Å²) in [7, 11) is 1.76. The Morgan fingerprint density at radius 1 is 1.00 bits per heavy atom. The van der Waals surface area contributed by atoms with Crippen LogP contribution in [0.25, 0.3) is 21.6 Å². The van der Waals surface area contributed by atoms with Gasteiger partial charge in [0.1, 0.15) is 15.7 Å². The molecule has 6 nitrogen and oxygen atoms in total. The molecule has 4 rings (SSSR count). The molecule has 28 heavy (non-hydrogen) atoms. The van der Waals surface area contributed by atoms with E-state index in [0.29, 0.717) is 22.9 Å². The highest BCUT2D eigenvalue weighted by atomic mass is 32.1. The third-order valence-corrected chi connectivity index (χ3v) is 5.61. The van der Waals surface area contributed by atoms with Crippen molar-refractivity contribution in [2.24, 2.45) is 0 Å². The van der Waals surface area contributed by atoms with Crippen molar-refractivity contribution >= 4 is 28.1 Å². The van der Waals surface area contributed by atoms with Crippen LogP contribution in [0, 0.1) is 13.8 Å². The zero-order valence-corrected chi connectivity index (χ0v) is 16.7. The molecule has 0 aliphatic carbocycles. The Bertz CT molecular complexity index is 1160. The lowest BCUT2D eigenvalue weighted by molar-refractivity contribution is 0.0785. The van der Waals surface area contributed by atoms with Crippen molar-refractivity contribution in [1.82, 2.24) is 24.8 Å². The molecule has 0 aliphatic heterocycles. The van der Waals surface area contributed by atoms with Crippen molar-refractivity contribution in [3.8, 4) is 10.7 Å². The SMILES string of the molecule is Cc1nc(-c2ccccn2)sc1C(=O)N(C)Cc1nc(C)c2ccccc2n1. The Hall–Kier alpha value is -3.19. The third-order valence-electron chi connectivity index (χ3n) is 4.44. The zero-order chi connectivity index (χ0) is 19.7. The predicted octanol–water partition coefficient (Wildman–Crippen LogP) is 4.04. The maximum atomic E-state index is 13.0. The number of amides is 1. The molecule has 1 aromatic carbocycles. The molecule has 1 amide bonds. The van der Waals surface area contributed by atoms with Crippen molar-refractivity contribution in [1.29, 1.82) is 0 Å². The van der Waals surface area contributed by atoms with E-state index in [1.165, 1.54) is 11.3 Å². The van der Waals surface area contributed by atoms with E-state index in [9.17, 15) is 4.79 Å². The molecule has 3 heterocycles. The van der Waals surface area contributed by atoms with Gasteiger partial charge in [0.15, 0.2) is 0 Å². The van der Waals surface area contributed by atoms with Crippen molar-refractivity contribution in [2.75, 3.05) is 7.05 Å². The monoisotopic (exact) mass is 389 g/mol. The maximum absolute atomic E-state index is 13.0. The number of benzene rings is 1. The second-order valence-corrected chi connectivity index (χ2v) is 7.55. The van der Waals surface area contributed by atoms with Crippen LogP contribution in [0.2, 0.25) is 0 Å². The Kier molecular flexibility index (Phi) is 4.83. The van der Waals surface area contributed by atoms with Crippen LogP contribution in [0.5, 0.6) is 0 Å². The normalized spacial score (nSPS) is 11.0. The number of aryl methyl sites for hydroxylation is 2. The molecular formula is C21H19N5OS. The molecule has 0 saturated carbocycles. The number of rotatable bonds is 4. The first-order chi connectivity index (χ1) is 13.5. The van der Waals surface area contributed by atoms with E-state index in [1.54, 1.807) is 18.1 Å². The van der Waals surface area contributed by atoms with Crippen molar-refractivity contribution < 1.29 is 4.79 Å². The van der Waals surface area contributed by atoms with Crippen molar-refractivity contribution in [3.05, 3.63) is 70.8 Å². The van der Waals surface area contributed by atoms with Crippen molar-refractivity contribution in [2.45, 2.75) is 20.4 Å². The standard InChI is InChI=1S/C21H19N5OS/c1-13-15-8-4-5-9-16(15)25-18(23-13)12-26(3)21(27)19-14(2)24-20(28-19)17-10-6-7-11-22-17/h4-11H,12H2,1-3H3. The van der Waals surface area contributed by atoms with Gasteiger partial charge in [-0.3, -0.25) is 9.78 Å². The lowest BCUT2D eigenvalue weighted by atomic mass is 10.2. The number of aromatic nitrogens is 4. The average molecular weight is 389 g/mol. The van der Waals surface area contributed by atoms with Gasteiger partial charge in [-0.2, -0.15) is 0 Å². The summed E-state index contributed by atoms with van der Waals surface area (Å²) < 4.78 is 0. The van der Waals surface area contributed by atoms with Gasteiger partial charge in [0.2, 0.25) is 0 Å². The smallest absolute Gasteiger partial charge is 0.266 e. The Morgan fingerprint density at radius 2 is 1.79 bits per heavy atom. The van der Waals surface area contributed by atoms with Gasteiger partial charge in [-0.15, -0.1) is 11.3 Å². The number of fused-ring (bicyclic) bond motifs is 1. The first kappa shape index (κ1) is 18.2.